The first kappa shape index (κ1) is 13.8. The molecule has 21 heavy (non-hydrogen) atoms. The van der Waals surface area contributed by atoms with Gasteiger partial charge in [0.05, 0.1) is 25.5 Å². The number of methoxy groups -OCH3 is 1. The molecule has 0 aliphatic rings. The third kappa shape index (κ3) is 3.31. The van der Waals surface area contributed by atoms with Gasteiger partial charge >= 0.3 is 0 Å². The van der Waals surface area contributed by atoms with Crippen molar-refractivity contribution in [3.05, 3.63) is 65.0 Å². The van der Waals surface area contributed by atoms with Crippen LogP contribution in [-0.4, -0.2) is 21.9 Å². The number of pyridine rings is 1. The molecular formula is C16H14BrN3O. The van der Waals surface area contributed by atoms with Crippen molar-refractivity contribution in [1.82, 2.24) is 14.8 Å². The van der Waals surface area contributed by atoms with E-state index < -0.39 is 0 Å². The summed E-state index contributed by atoms with van der Waals surface area (Å²) in [6, 6.07) is 13.8. The number of benzene rings is 1. The summed E-state index contributed by atoms with van der Waals surface area (Å²) < 4.78 is 7.88. The van der Waals surface area contributed by atoms with Gasteiger partial charge in [0.2, 0.25) is 0 Å². The molecular weight excluding hydrogens is 330 g/mol. The standard InChI is InChI=1S/C16H14BrN3O/c1-21-14-7-5-12(6-8-14)10-20-11-13(9-18-20)15-3-2-4-16(17)19-15/h2-9,11H,10H2,1H3. The molecule has 0 bridgehead atoms. The molecule has 2 heterocycles. The summed E-state index contributed by atoms with van der Waals surface area (Å²) >= 11 is 3.38. The van der Waals surface area contributed by atoms with E-state index in [9.17, 15) is 0 Å². The van der Waals surface area contributed by atoms with Gasteiger partial charge in [-0.15, -0.1) is 0 Å². The fraction of sp³-hybridized carbons (Fsp3) is 0.125. The summed E-state index contributed by atoms with van der Waals surface area (Å²) in [6.07, 6.45) is 3.83. The third-order valence-electron chi connectivity index (χ3n) is 3.15. The van der Waals surface area contributed by atoms with Crippen LogP contribution in [0.1, 0.15) is 5.56 Å². The van der Waals surface area contributed by atoms with Gasteiger partial charge in [-0.3, -0.25) is 4.68 Å². The molecule has 4 nitrogen and oxygen atoms in total. The van der Waals surface area contributed by atoms with Crippen LogP contribution in [0.4, 0.5) is 0 Å². The summed E-state index contributed by atoms with van der Waals surface area (Å²) in [5, 5.41) is 4.39. The van der Waals surface area contributed by atoms with E-state index in [4.69, 9.17) is 4.74 Å². The lowest BCUT2D eigenvalue weighted by Crippen LogP contribution is -1.99. The normalized spacial score (nSPS) is 10.6. The minimum Gasteiger partial charge on any atom is -0.497 e. The average Bonchev–Trinajstić information content (AvgIpc) is 2.97. The Morgan fingerprint density at radius 3 is 2.67 bits per heavy atom. The summed E-state index contributed by atoms with van der Waals surface area (Å²) in [6.45, 7) is 0.720. The second-order valence-electron chi connectivity index (χ2n) is 4.62. The molecule has 1 aromatic carbocycles. The first-order chi connectivity index (χ1) is 10.2. The van der Waals surface area contributed by atoms with Gasteiger partial charge in [-0.2, -0.15) is 5.10 Å². The molecule has 0 aliphatic carbocycles. The van der Waals surface area contributed by atoms with E-state index >= 15 is 0 Å². The summed E-state index contributed by atoms with van der Waals surface area (Å²) in [4.78, 5) is 4.43. The first-order valence-electron chi connectivity index (χ1n) is 6.53. The monoisotopic (exact) mass is 343 g/mol. The quantitative estimate of drug-likeness (QED) is 0.677. The number of ether oxygens (including phenoxy) is 1. The minimum absolute atomic E-state index is 0.720. The number of hydrogen-bond acceptors (Lipinski definition) is 3. The van der Waals surface area contributed by atoms with E-state index in [0.29, 0.717) is 0 Å². The highest BCUT2D eigenvalue weighted by molar-refractivity contribution is 9.10. The molecule has 0 spiro atoms. The van der Waals surface area contributed by atoms with Crippen molar-refractivity contribution in [2.45, 2.75) is 6.54 Å². The molecule has 5 heteroatoms. The van der Waals surface area contributed by atoms with Crippen LogP contribution in [0.15, 0.2) is 59.5 Å². The Morgan fingerprint density at radius 1 is 1.14 bits per heavy atom. The van der Waals surface area contributed by atoms with E-state index in [-0.39, 0.29) is 0 Å². The number of rotatable bonds is 4. The molecule has 0 fully saturated rings. The maximum atomic E-state index is 5.16. The Hall–Kier alpha value is -2.14. The molecule has 0 unspecified atom stereocenters. The molecule has 3 rings (SSSR count). The first-order valence-corrected chi connectivity index (χ1v) is 7.32. The maximum Gasteiger partial charge on any atom is 0.118 e. The summed E-state index contributed by atoms with van der Waals surface area (Å²) in [5.41, 5.74) is 3.09. The van der Waals surface area contributed by atoms with Crippen molar-refractivity contribution in [1.29, 1.82) is 0 Å². The average molecular weight is 344 g/mol. The van der Waals surface area contributed by atoms with Crippen molar-refractivity contribution >= 4 is 15.9 Å². The van der Waals surface area contributed by atoms with Gasteiger partial charge in [0.25, 0.3) is 0 Å². The number of halogens is 1. The molecule has 0 saturated carbocycles. The van der Waals surface area contributed by atoms with Crippen LogP contribution < -0.4 is 4.74 Å². The van der Waals surface area contributed by atoms with Gasteiger partial charge in [0, 0.05) is 11.8 Å². The Balaban J connectivity index is 1.78. The van der Waals surface area contributed by atoms with Crippen molar-refractivity contribution in [2.75, 3.05) is 7.11 Å². The van der Waals surface area contributed by atoms with Crippen molar-refractivity contribution < 1.29 is 4.74 Å². The van der Waals surface area contributed by atoms with Crippen LogP contribution in [0.25, 0.3) is 11.3 Å². The van der Waals surface area contributed by atoms with Gasteiger partial charge in [-0.25, -0.2) is 4.98 Å². The lowest BCUT2D eigenvalue weighted by Gasteiger charge is -2.03. The minimum atomic E-state index is 0.720. The zero-order chi connectivity index (χ0) is 14.7. The summed E-state index contributed by atoms with van der Waals surface area (Å²) in [5.74, 6) is 0.859. The third-order valence-corrected chi connectivity index (χ3v) is 3.59. The Labute approximate surface area is 131 Å². The SMILES string of the molecule is COc1ccc(Cn2cc(-c3cccc(Br)n3)cn2)cc1. The highest BCUT2D eigenvalue weighted by Gasteiger charge is 2.04. The molecule has 2 aromatic heterocycles. The molecule has 0 saturated heterocycles. The molecule has 0 radical (unpaired) electrons. The van der Waals surface area contributed by atoms with Crippen molar-refractivity contribution in [3.8, 4) is 17.0 Å². The van der Waals surface area contributed by atoms with Gasteiger partial charge in [0.15, 0.2) is 0 Å². The molecule has 106 valence electrons. The van der Waals surface area contributed by atoms with Crippen molar-refractivity contribution in [3.63, 3.8) is 0 Å². The fourth-order valence-corrected chi connectivity index (χ4v) is 2.41. The molecule has 0 amide bonds. The van der Waals surface area contributed by atoms with Gasteiger partial charge in [-0.1, -0.05) is 18.2 Å². The number of aromatic nitrogens is 3. The van der Waals surface area contributed by atoms with Crippen LogP contribution in [0.5, 0.6) is 5.75 Å². The van der Waals surface area contributed by atoms with Gasteiger partial charge < -0.3 is 4.74 Å². The summed E-state index contributed by atoms with van der Waals surface area (Å²) in [7, 11) is 1.67. The Bertz CT molecular complexity index is 737. The number of hydrogen-bond donors (Lipinski definition) is 0. The lowest BCUT2D eigenvalue weighted by molar-refractivity contribution is 0.414. The largest absolute Gasteiger partial charge is 0.497 e. The van der Waals surface area contributed by atoms with Crippen LogP contribution >= 0.6 is 15.9 Å². The van der Waals surface area contributed by atoms with E-state index in [0.717, 1.165) is 28.2 Å². The van der Waals surface area contributed by atoms with E-state index in [2.05, 4.69) is 26.0 Å². The van der Waals surface area contributed by atoms with E-state index in [1.165, 1.54) is 5.56 Å². The van der Waals surface area contributed by atoms with Crippen LogP contribution in [0.3, 0.4) is 0 Å². The highest BCUT2D eigenvalue weighted by Crippen LogP contribution is 2.19. The molecule has 3 aromatic rings. The molecule has 0 aliphatic heterocycles. The second kappa shape index (κ2) is 6.10. The molecule has 0 atom stereocenters. The van der Waals surface area contributed by atoms with Gasteiger partial charge in [-0.05, 0) is 45.8 Å². The van der Waals surface area contributed by atoms with Crippen molar-refractivity contribution in [2.24, 2.45) is 0 Å². The predicted octanol–water partition coefficient (Wildman–Crippen LogP) is 3.76. The van der Waals surface area contributed by atoms with E-state index in [1.54, 1.807) is 7.11 Å². The highest BCUT2D eigenvalue weighted by atomic mass is 79.9. The predicted molar refractivity (Wildman–Crippen MR) is 85.3 cm³/mol. The Kier molecular flexibility index (Phi) is 4.01. The van der Waals surface area contributed by atoms with Crippen LogP contribution in [0.2, 0.25) is 0 Å². The van der Waals surface area contributed by atoms with Crippen LogP contribution in [0, 0.1) is 0 Å². The maximum absolute atomic E-state index is 5.16. The van der Waals surface area contributed by atoms with Crippen LogP contribution in [-0.2, 0) is 6.54 Å². The Morgan fingerprint density at radius 2 is 1.95 bits per heavy atom. The van der Waals surface area contributed by atoms with Gasteiger partial charge in [0.1, 0.15) is 10.4 Å². The second-order valence-corrected chi connectivity index (χ2v) is 5.43. The molecule has 0 N–H and O–H groups in total. The zero-order valence-electron chi connectivity index (χ0n) is 11.5. The fourth-order valence-electron chi connectivity index (χ4n) is 2.07. The topological polar surface area (TPSA) is 39.9 Å². The zero-order valence-corrected chi connectivity index (χ0v) is 13.1. The van der Waals surface area contributed by atoms with E-state index in [1.807, 2.05) is 59.5 Å². The smallest absolute Gasteiger partial charge is 0.118 e. The number of nitrogens with zero attached hydrogens (tertiary/aromatic N) is 3. The lowest BCUT2D eigenvalue weighted by atomic mass is 10.2.